The number of hydrogen-bond acceptors (Lipinski definition) is 5. The average molecular weight is 383 g/mol. The van der Waals surface area contributed by atoms with Crippen LogP contribution >= 0.6 is 0 Å². The molecule has 0 aliphatic carbocycles. The lowest BCUT2D eigenvalue weighted by atomic mass is 9.95. The van der Waals surface area contributed by atoms with Gasteiger partial charge in [-0.1, -0.05) is 37.3 Å². The first-order chi connectivity index (χ1) is 13.6. The predicted octanol–water partition coefficient (Wildman–Crippen LogP) is 3.19. The highest BCUT2D eigenvalue weighted by atomic mass is 16.5. The van der Waals surface area contributed by atoms with Crippen LogP contribution in [0.2, 0.25) is 0 Å². The number of methoxy groups -OCH3 is 1. The Bertz CT molecular complexity index is 809. The number of carbonyl (C=O) groups excluding carboxylic acids is 1. The van der Waals surface area contributed by atoms with Crippen molar-refractivity contribution in [1.82, 2.24) is 14.7 Å². The summed E-state index contributed by atoms with van der Waals surface area (Å²) in [5.41, 5.74) is 2.87. The number of rotatable bonds is 8. The number of carbonyl (C=O) groups is 1. The van der Waals surface area contributed by atoms with E-state index in [4.69, 9.17) is 0 Å². The van der Waals surface area contributed by atoms with Gasteiger partial charge >= 0.3 is 5.97 Å². The highest BCUT2D eigenvalue weighted by molar-refractivity contribution is 5.87. The van der Waals surface area contributed by atoms with Crippen LogP contribution in [0.25, 0.3) is 11.1 Å². The van der Waals surface area contributed by atoms with Crippen LogP contribution in [0.4, 0.5) is 0 Å². The molecule has 1 saturated heterocycles. The van der Waals surface area contributed by atoms with Crippen molar-refractivity contribution >= 4 is 5.97 Å². The molecule has 1 unspecified atom stereocenters. The van der Waals surface area contributed by atoms with Gasteiger partial charge in [-0.25, -0.2) is 4.79 Å². The number of ether oxygens (including phenoxy) is 1. The van der Waals surface area contributed by atoms with Gasteiger partial charge in [0.2, 0.25) is 0 Å². The number of aliphatic hydroxyl groups excluding tert-OH is 1. The van der Waals surface area contributed by atoms with Crippen molar-refractivity contribution in [2.45, 2.75) is 38.3 Å². The molecule has 0 radical (unpaired) electrons. The van der Waals surface area contributed by atoms with Gasteiger partial charge in [-0.2, -0.15) is 5.10 Å². The van der Waals surface area contributed by atoms with E-state index in [-0.39, 0.29) is 12.0 Å². The van der Waals surface area contributed by atoms with Crippen LogP contribution in [0.3, 0.4) is 0 Å². The van der Waals surface area contributed by atoms with E-state index in [1.54, 1.807) is 0 Å². The molecule has 3 rings (SSSR count). The van der Waals surface area contributed by atoms with Gasteiger partial charge in [0.1, 0.15) is 0 Å². The van der Waals surface area contributed by atoms with Gasteiger partial charge in [0, 0.05) is 30.3 Å². The Morgan fingerprint density at radius 1 is 1.25 bits per heavy atom. The van der Waals surface area contributed by atoms with E-state index in [2.05, 4.69) is 21.3 Å². The Kier molecular flexibility index (Phi) is 7.01. The third kappa shape index (κ3) is 5.09. The lowest BCUT2D eigenvalue weighted by Crippen LogP contribution is -2.32. The number of likely N-dealkylation sites (tertiary alicyclic amines) is 1. The normalized spacial score (nSPS) is 15.9. The molecule has 0 saturated carbocycles. The molecule has 1 aliphatic rings. The van der Waals surface area contributed by atoms with Crippen molar-refractivity contribution in [3.05, 3.63) is 54.4 Å². The minimum absolute atomic E-state index is 0.132. The van der Waals surface area contributed by atoms with Crippen LogP contribution in [0.1, 0.15) is 37.4 Å². The minimum Gasteiger partial charge on any atom is -0.466 e. The first-order valence-corrected chi connectivity index (χ1v) is 9.86. The summed E-state index contributed by atoms with van der Waals surface area (Å²) in [5.74, 6) is -0.498. The number of aliphatic hydroxyl groups is 1. The molecule has 1 fully saturated rings. The Morgan fingerprint density at radius 3 is 2.75 bits per heavy atom. The molecule has 150 valence electrons. The van der Waals surface area contributed by atoms with Gasteiger partial charge in [0.15, 0.2) is 0 Å². The summed E-state index contributed by atoms with van der Waals surface area (Å²) < 4.78 is 6.64. The standard InChI is InChI=1S/C22H29N3O3/c1-17(22(27)28-2)14-21(26)20-9-5-4-8-19(20)18-15-23-25(16-18)13-12-24-10-6-3-7-11-24/h4-5,8-9,15-16,21,26H,1,3,6-7,10-14H2,2H3. The molecule has 6 nitrogen and oxygen atoms in total. The maximum Gasteiger partial charge on any atom is 0.333 e. The molecule has 1 atom stereocenters. The van der Waals surface area contributed by atoms with E-state index in [0.717, 1.165) is 29.8 Å². The quantitative estimate of drug-likeness (QED) is 0.560. The molecule has 6 heteroatoms. The molecular weight excluding hydrogens is 354 g/mol. The second-order valence-corrected chi connectivity index (χ2v) is 7.30. The van der Waals surface area contributed by atoms with E-state index in [1.165, 1.54) is 39.5 Å². The van der Waals surface area contributed by atoms with Crippen molar-refractivity contribution < 1.29 is 14.6 Å². The maximum absolute atomic E-state index is 11.6. The monoisotopic (exact) mass is 383 g/mol. The molecule has 1 aliphatic heterocycles. The summed E-state index contributed by atoms with van der Waals surface area (Å²) >= 11 is 0. The van der Waals surface area contributed by atoms with Crippen molar-refractivity contribution in [2.24, 2.45) is 0 Å². The third-order valence-electron chi connectivity index (χ3n) is 5.27. The fraction of sp³-hybridized carbons (Fsp3) is 0.455. The number of aromatic nitrogens is 2. The van der Waals surface area contributed by atoms with E-state index >= 15 is 0 Å². The van der Waals surface area contributed by atoms with Gasteiger partial charge in [-0.15, -0.1) is 0 Å². The molecule has 0 bridgehead atoms. The molecule has 2 aromatic rings. The predicted molar refractivity (Wildman–Crippen MR) is 109 cm³/mol. The van der Waals surface area contributed by atoms with Gasteiger partial charge in [-0.3, -0.25) is 4.68 Å². The summed E-state index contributed by atoms with van der Waals surface area (Å²) in [5, 5.41) is 15.2. The van der Waals surface area contributed by atoms with E-state index in [1.807, 2.05) is 41.3 Å². The van der Waals surface area contributed by atoms with Crippen LogP contribution in [-0.2, 0) is 16.1 Å². The summed E-state index contributed by atoms with van der Waals surface area (Å²) in [7, 11) is 1.31. The fourth-order valence-electron chi connectivity index (χ4n) is 3.67. The number of hydrogen-bond donors (Lipinski definition) is 1. The van der Waals surface area contributed by atoms with Crippen LogP contribution in [-0.4, -0.2) is 52.5 Å². The van der Waals surface area contributed by atoms with Crippen LogP contribution in [0, 0.1) is 0 Å². The highest BCUT2D eigenvalue weighted by Crippen LogP contribution is 2.31. The summed E-state index contributed by atoms with van der Waals surface area (Å²) in [6, 6.07) is 7.65. The average Bonchev–Trinajstić information content (AvgIpc) is 3.21. The number of nitrogens with zero attached hydrogens (tertiary/aromatic N) is 3. The Morgan fingerprint density at radius 2 is 2.00 bits per heavy atom. The first kappa shape index (κ1) is 20.3. The molecule has 0 spiro atoms. The lowest BCUT2D eigenvalue weighted by Gasteiger charge is -2.26. The lowest BCUT2D eigenvalue weighted by molar-refractivity contribution is -0.136. The molecule has 0 amide bonds. The topological polar surface area (TPSA) is 67.6 Å². The zero-order valence-corrected chi connectivity index (χ0v) is 16.5. The zero-order chi connectivity index (χ0) is 19.9. The molecule has 28 heavy (non-hydrogen) atoms. The Balaban J connectivity index is 1.69. The molecule has 1 aromatic heterocycles. The van der Waals surface area contributed by atoms with Crippen molar-refractivity contribution in [3.63, 3.8) is 0 Å². The van der Waals surface area contributed by atoms with Crippen molar-refractivity contribution in [1.29, 1.82) is 0 Å². The smallest absolute Gasteiger partial charge is 0.333 e. The summed E-state index contributed by atoms with van der Waals surface area (Å²) in [6.07, 6.45) is 7.05. The maximum atomic E-state index is 11.6. The van der Waals surface area contributed by atoms with Crippen LogP contribution < -0.4 is 0 Å². The van der Waals surface area contributed by atoms with Crippen molar-refractivity contribution in [2.75, 3.05) is 26.7 Å². The minimum atomic E-state index is -0.834. The number of esters is 1. The van der Waals surface area contributed by atoms with E-state index in [9.17, 15) is 9.90 Å². The number of piperidine rings is 1. The second-order valence-electron chi connectivity index (χ2n) is 7.30. The zero-order valence-electron chi connectivity index (χ0n) is 16.5. The van der Waals surface area contributed by atoms with E-state index < -0.39 is 12.1 Å². The van der Waals surface area contributed by atoms with Gasteiger partial charge < -0.3 is 14.7 Å². The fourth-order valence-corrected chi connectivity index (χ4v) is 3.67. The van der Waals surface area contributed by atoms with Crippen molar-refractivity contribution in [3.8, 4) is 11.1 Å². The SMILES string of the molecule is C=C(CC(O)c1ccccc1-c1cnn(CCN2CCCCC2)c1)C(=O)OC. The molecule has 1 N–H and O–H groups in total. The molecule has 1 aromatic carbocycles. The number of benzene rings is 1. The van der Waals surface area contributed by atoms with Crippen LogP contribution in [0.15, 0.2) is 48.8 Å². The second kappa shape index (κ2) is 9.66. The summed E-state index contributed by atoms with van der Waals surface area (Å²) in [6.45, 7) is 7.91. The third-order valence-corrected chi connectivity index (χ3v) is 5.27. The van der Waals surface area contributed by atoms with Gasteiger partial charge in [0.05, 0.1) is 26.0 Å². The van der Waals surface area contributed by atoms with E-state index in [0.29, 0.717) is 0 Å². The van der Waals surface area contributed by atoms with Gasteiger partial charge in [0.25, 0.3) is 0 Å². The summed E-state index contributed by atoms with van der Waals surface area (Å²) in [4.78, 5) is 14.1. The largest absolute Gasteiger partial charge is 0.466 e. The Hall–Kier alpha value is -2.44. The Labute approximate surface area is 166 Å². The molecule has 2 heterocycles. The first-order valence-electron chi connectivity index (χ1n) is 9.86. The molecular formula is C22H29N3O3. The van der Waals surface area contributed by atoms with Gasteiger partial charge in [-0.05, 0) is 37.1 Å². The van der Waals surface area contributed by atoms with Crippen LogP contribution in [0.5, 0.6) is 0 Å². The highest BCUT2D eigenvalue weighted by Gasteiger charge is 2.18.